The second-order valence-electron chi connectivity index (χ2n) is 4.85. The van der Waals surface area contributed by atoms with Crippen molar-refractivity contribution in [3.05, 3.63) is 0 Å². The summed E-state index contributed by atoms with van der Waals surface area (Å²) in [5, 5.41) is 3.37. The molecule has 1 saturated carbocycles. The van der Waals surface area contributed by atoms with Crippen LogP contribution in [0.5, 0.6) is 0 Å². The van der Waals surface area contributed by atoms with E-state index in [4.69, 9.17) is 0 Å². The summed E-state index contributed by atoms with van der Waals surface area (Å²) in [5.74, 6) is 2.00. The molecule has 2 fully saturated rings. The van der Waals surface area contributed by atoms with Crippen LogP contribution in [0.15, 0.2) is 0 Å². The largest absolute Gasteiger partial charge is 0.316 e. The molecule has 0 radical (unpaired) electrons. The summed E-state index contributed by atoms with van der Waals surface area (Å²) in [5.41, 5.74) is 0. The molecule has 2 heteroatoms. The number of rotatable bonds is 4. The smallest absolute Gasteiger partial charge is 0.0204 e. The summed E-state index contributed by atoms with van der Waals surface area (Å²) in [6.07, 6.45) is 4.32. The van der Waals surface area contributed by atoms with Gasteiger partial charge in [-0.1, -0.05) is 6.92 Å². The van der Waals surface area contributed by atoms with Crippen LogP contribution >= 0.6 is 0 Å². The zero-order valence-electron chi connectivity index (χ0n) is 8.92. The SMILES string of the molecule is CNC1CCN(CC(C)C2CC2)C1. The number of nitrogens with zero attached hydrogens (tertiary/aromatic N) is 1. The maximum absolute atomic E-state index is 3.37. The number of likely N-dealkylation sites (N-methyl/N-ethyl adjacent to an activating group) is 1. The normalized spacial score (nSPS) is 32.3. The number of nitrogens with one attached hydrogen (secondary N) is 1. The van der Waals surface area contributed by atoms with Gasteiger partial charge < -0.3 is 10.2 Å². The van der Waals surface area contributed by atoms with E-state index in [-0.39, 0.29) is 0 Å². The standard InChI is InChI=1S/C11H22N2/c1-9(10-3-4-10)7-13-6-5-11(8-13)12-2/h9-12H,3-8H2,1-2H3. The lowest BCUT2D eigenvalue weighted by Crippen LogP contribution is -2.32. The molecule has 1 N–H and O–H groups in total. The minimum absolute atomic E-state index is 0.756. The Bertz CT molecular complexity index is 165. The topological polar surface area (TPSA) is 15.3 Å². The van der Waals surface area contributed by atoms with E-state index in [2.05, 4.69) is 24.2 Å². The van der Waals surface area contributed by atoms with Crippen LogP contribution in [0.3, 0.4) is 0 Å². The molecule has 1 saturated heterocycles. The van der Waals surface area contributed by atoms with E-state index < -0.39 is 0 Å². The van der Waals surface area contributed by atoms with Gasteiger partial charge in [0.2, 0.25) is 0 Å². The van der Waals surface area contributed by atoms with Gasteiger partial charge in [-0.25, -0.2) is 0 Å². The first kappa shape index (κ1) is 9.47. The minimum atomic E-state index is 0.756. The first-order valence-corrected chi connectivity index (χ1v) is 5.69. The van der Waals surface area contributed by atoms with Crippen LogP contribution in [0.2, 0.25) is 0 Å². The van der Waals surface area contributed by atoms with E-state index in [1.807, 2.05) is 0 Å². The van der Waals surface area contributed by atoms with Crippen molar-refractivity contribution in [2.45, 2.75) is 32.2 Å². The van der Waals surface area contributed by atoms with Crippen LogP contribution in [0.25, 0.3) is 0 Å². The lowest BCUT2D eigenvalue weighted by Gasteiger charge is -2.20. The van der Waals surface area contributed by atoms with Gasteiger partial charge in [-0.3, -0.25) is 0 Å². The Morgan fingerprint density at radius 2 is 2.15 bits per heavy atom. The molecule has 1 heterocycles. The zero-order chi connectivity index (χ0) is 9.26. The molecule has 76 valence electrons. The molecule has 2 rings (SSSR count). The maximum Gasteiger partial charge on any atom is 0.0204 e. The van der Waals surface area contributed by atoms with Crippen molar-refractivity contribution in [2.75, 3.05) is 26.7 Å². The van der Waals surface area contributed by atoms with E-state index in [9.17, 15) is 0 Å². The summed E-state index contributed by atoms with van der Waals surface area (Å²) < 4.78 is 0. The highest BCUT2D eigenvalue weighted by molar-refractivity contribution is 4.85. The highest BCUT2D eigenvalue weighted by Gasteiger charge is 2.30. The third kappa shape index (κ3) is 2.44. The van der Waals surface area contributed by atoms with E-state index >= 15 is 0 Å². The van der Waals surface area contributed by atoms with E-state index in [0.29, 0.717) is 0 Å². The Hall–Kier alpha value is -0.0800. The molecule has 0 aromatic heterocycles. The lowest BCUT2D eigenvalue weighted by molar-refractivity contribution is 0.267. The van der Waals surface area contributed by atoms with Gasteiger partial charge in [0.1, 0.15) is 0 Å². The van der Waals surface area contributed by atoms with E-state index in [1.165, 1.54) is 38.9 Å². The molecular weight excluding hydrogens is 160 g/mol. The number of hydrogen-bond donors (Lipinski definition) is 1. The summed E-state index contributed by atoms with van der Waals surface area (Å²) in [4.78, 5) is 2.63. The van der Waals surface area contributed by atoms with Crippen LogP contribution in [0.1, 0.15) is 26.2 Å². The quantitative estimate of drug-likeness (QED) is 0.705. The van der Waals surface area contributed by atoms with Crippen molar-refractivity contribution in [3.8, 4) is 0 Å². The molecule has 2 unspecified atom stereocenters. The summed E-state index contributed by atoms with van der Waals surface area (Å²) in [6, 6.07) is 0.756. The fourth-order valence-electron chi connectivity index (χ4n) is 2.46. The van der Waals surface area contributed by atoms with Gasteiger partial charge in [0.05, 0.1) is 0 Å². The van der Waals surface area contributed by atoms with Gasteiger partial charge in [0.15, 0.2) is 0 Å². The summed E-state index contributed by atoms with van der Waals surface area (Å²) in [6.45, 7) is 6.34. The first-order valence-electron chi connectivity index (χ1n) is 5.69. The average molecular weight is 182 g/mol. The van der Waals surface area contributed by atoms with Gasteiger partial charge in [-0.15, -0.1) is 0 Å². The summed E-state index contributed by atoms with van der Waals surface area (Å²) >= 11 is 0. The third-order valence-corrected chi connectivity index (χ3v) is 3.65. The average Bonchev–Trinajstić information content (AvgIpc) is 2.88. The van der Waals surface area contributed by atoms with E-state index in [1.54, 1.807) is 0 Å². The molecular formula is C11H22N2. The molecule has 2 atom stereocenters. The van der Waals surface area contributed by atoms with Gasteiger partial charge in [-0.05, 0) is 44.7 Å². The Kier molecular flexibility index (Phi) is 2.89. The minimum Gasteiger partial charge on any atom is -0.316 e. The highest BCUT2D eigenvalue weighted by Crippen LogP contribution is 2.37. The van der Waals surface area contributed by atoms with Crippen molar-refractivity contribution in [1.82, 2.24) is 10.2 Å². The third-order valence-electron chi connectivity index (χ3n) is 3.65. The Morgan fingerprint density at radius 1 is 1.38 bits per heavy atom. The number of likely N-dealkylation sites (tertiary alicyclic amines) is 1. The predicted octanol–water partition coefficient (Wildman–Crippen LogP) is 1.33. The van der Waals surface area contributed by atoms with Crippen molar-refractivity contribution < 1.29 is 0 Å². The second kappa shape index (κ2) is 3.97. The molecule has 2 nitrogen and oxygen atoms in total. The highest BCUT2D eigenvalue weighted by atomic mass is 15.2. The molecule has 0 amide bonds. The van der Waals surface area contributed by atoms with Crippen LogP contribution < -0.4 is 5.32 Å². The van der Waals surface area contributed by atoms with E-state index in [0.717, 1.165) is 17.9 Å². The maximum atomic E-state index is 3.37. The van der Waals surface area contributed by atoms with Gasteiger partial charge in [-0.2, -0.15) is 0 Å². The van der Waals surface area contributed by atoms with Crippen LogP contribution in [-0.4, -0.2) is 37.6 Å². The van der Waals surface area contributed by atoms with Crippen LogP contribution in [-0.2, 0) is 0 Å². The summed E-state index contributed by atoms with van der Waals surface area (Å²) in [7, 11) is 2.08. The van der Waals surface area contributed by atoms with Gasteiger partial charge in [0.25, 0.3) is 0 Å². The first-order chi connectivity index (χ1) is 6.29. The molecule has 1 aliphatic carbocycles. The fraction of sp³-hybridized carbons (Fsp3) is 1.00. The molecule has 0 aromatic rings. The second-order valence-corrected chi connectivity index (χ2v) is 4.85. The van der Waals surface area contributed by atoms with Crippen LogP contribution in [0, 0.1) is 11.8 Å². The molecule has 0 bridgehead atoms. The molecule has 1 aliphatic heterocycles. The lowest BCUT2D eigenvalue weighted by atomic mass is 10.1. The van der Waals surface area contributed by atoms with Crippen LogP contribution in [0.4, 0.5) is 0 Å². The Morgan fingerprint density at radius 3 is 2.69 bits per heavy atom. The monoisotopic (exact) mass is 182 g/mol. The van der Waals surface area contributed by atoms with Crippen molar-refractivity contribution >= 4 is 0 Å². The van der Waals surface area contributed by atoms with Crippen molar-refractivity contribution in [2.24, 2.45) is 11.8 Å². The molecule has 0 spiro atoms. The zero-order valence-corrected chi connectivity index (χ0v) is 8.92. The molecule has 13 heavy (non-hydrogen) atoms. The van der Waals surface area contributed by atoms with Gasteiger partial charge >= 0.3 is 0 Å². The fourth-order valence-corrected chi connectivity index (χ4v) is 2.46. The van der Waals surface area contributed by atoms with Gasteiger partial charge in [0, 0.05) is 19.1 Å². The van der Waals surface area contributed by atoms with Crippen molar-refractivity contribution in [3.63, 3.8) is 0 Å². The predicted molar refractivity (Wildman–Crippen MR) is 55.8 cm³/mol. The number of hydrogen-bond acceptors (Lipinski definition) is 2. The Labute approximate surface area is 81.7 Å². The molecule has 2 aliphatic rings. The Balaban J connectivity index is 1.70. The van der Waals surface area contributed by atoms with Crippen molar-refractivity contribution in [1.29, 1.82) is 0 Å². The molecule has 0 aromatic carbocycles.